The first kappa shape index (κ1) is 23.5. The Kier molecular flexibility index (Phi) is 6.66. The minimum Gasteiger partial charge on any atom is -0.468 e. The van der Waals surface area contributed by atoms with Crippen molar-refractivity contribution in [2.45, 2.75) is 25.2 Å². The number of hydrogen-bond acceptors (Lipinski definition) is 7. The van der Waals surface area contributed by atoms with E-state index in [0.29, 0.717) is 34.0 Å². The molecule has 172 valence electrons. The van der Waals surface area contributed by atoms with Crippen LogP contribution in [0.2, 0.25) is 10.0 Å². The number of thiophene rings is 1. The van der Waals surface area contributed by atoms with Gasteiger partial charge in [-0.1, -0.05) is 41.4 Å². The molecule has 1 aliphatic heterocycles. The van der Waals surface area contributed by atoms with Gasteiger partial charge in [0.05, 0.1) is 29.8 Å². The van der Waals surface area contributed by atoms with Gasteiger partial charge >= 0.3 is 11.9 Å². The minimum absolute atomic E-state index is 0.231. The number of rotatable bonds is 4. The van der Waals surface area contributed by atoms with E-state index in [-0.39, 0.29) is 16.5 Å². The number of allylic oxidation sites excluding steroid dienone is 3. The van der Waals surface area contributed by atoms with E-state index in [2.05, 4.69) is 5.32 Å². The van der Waals surface area contributed by atoms with Gasteiger partial charge < -0.3 is 14.8 Å². The van der Waals surface area contributed by atoms with E-state index in [4.69, 9.17) is 32.7 Å². The Labute approximate surface area is 205 Å². The maximum absolute atomic E-state index is 14.0. The van der Waals surface area contributed by atoms with Gasteiger partial charge in [-0.3, -0.25) is 9.59 Å². The van der Waals surface area contributed by atoms with Crippen LogP contribution in [0.5, 0.6) is 0 Å². The quantitative estimate of drug-likeness (QED) is 0.465. The Hall–Kier alpha value is -2.61. The molecule has 3 atom stereocenters. The minimum atomic E-state index is -1.05. The lowest BCUT2D eigenvalue weighted by Gasteiger charge is -2.39. The fraction of sp³-hybridized carbons (Fsp3) is 0.292. The van der Waals surface area contributed by atoms with Crippen LogP contribution in [0, 0.1) is 5.92 Å². The third-order valence-electron chi connectivity index (χ3n) is 6.08. The Bertz CT molecular complexity index is 1200. The van der Waals surface area contributed by atoms with Crippen LogP contribution in [0.15, 0.2) is 58.3 Å². The van der Waals surface area contributed by atoms with Crippen molar-refractivity contribution in [1.29, 1.82) is 0 Å². The molecular weight excluding hydrogens is 485 g/mol. The predicted octanol–water partition coefficient (Wildman–Crippen LogP) is 4.99. The number of esters is 2. The maximum atomic E-state index is 14.0. The molecule has 33 heavy (non-hydrogen) atoms. The van der Waals surface area contributed by atoms with Gasteiger partial charge in [-0.25, -0.2) is 4.79 Å². The fourth-order valence-electron chi connectivity index (χ4n) is 4.64. The van der Waals surface area contributed by atoms with Crippen LogP contribution in [-0.2, 0) is 23.9 Å². The standard InChI is InChI=1S/C24H21Cl2NO5S/c1-11-17(23(29)31-2)18(12-6-4-7-14(25)21(12)26)20-15(27-11)10-13(16-8-5-9-33-16)19(22(20)28)24(30)32-3/h4-9,13,18-19,27H,10H2,1-3H3. The molecule has 0 amide bonds. The Morgan fingerprint density at radius 2 is 1.88 bits per heavy atom. The third kappa shape index (κ3) is 3.98. The van der Waals surface area contributed by atoms with Crippen molar-refractivity contribution in [3.8, 4) is 0 Å². The first-order valence-electron chi connectivity index (χ1n) is 10.2. The molecular formula is C24H21Cl2NO5S. The van der Waals surface area contributed by atoms with Crippen LogP contribution < -0.4 is 5.32 Å². The van der Waals surface area contributed by atoms with Gasteiger partial charge in [-0.05, 0) is 36.4 Å². The molecule has 1 aromatic carbocycles. The number of ether oxygens (including phenoxy) is 2. The summed E-state index contributed by atoms with van der Waals surface area (Å²) in [5.74, 6) is -3.92. The highest BCUT2D eigenvalue weighted by Crippen LogP contribution is 2.50. The van der Waals surface area contributed by atoms with E-state index in [1.165, 1.54) is 25.6 Å². The van der Waals surface area contributed by atoms with Gasteiger partial charge in [0.1, 0.15) is 5.92 Å². The molecule has 2 heterocycles. The Balaban J connectivity index is 1.95. The van der Waals surface area contributed by atoms with Gasteiger partial charge in [0, 0.05) is 33.7 Å². The molecule has 3 unspecified atom stereocenters. The molecule has 2 aliphatic rings. The van der Waals surface area contributed by atoms with Crippen LogP contribution in [0.25, 0.3) is 0 Å². The summed E-state index contributed by atoms with van der Waals surface area (Å²) in [5, 5.41) is 5.66. The van der Waals surface area contributed by atoms with Crippen LogP contribution in [0.1, 0.15) is 35.6 Å². The molecule has 0 bridgehead atoms. The second kappa shape index (κ2) is 9.33. The van der Waals surface area contributed by atoms with E-state index < -0.39 is 29.6 Å². The number of dihydropyridines is 1. The van der Waals surface area contributed by atoms with E-state index in [1.807, 2.05) is 17.5 Å². The lowest BCUT2D eigenvalue weighted by atomic mass is 9.68. The van der Waals surface area contributed by atoms with Crippen LogP contribution in [0.3, 0.4) is 0 Å². The first-order valence-corrected chi connectivity index (χ1v) is 11.8. The van der Waals surface area contributed by atoms with Crippen LogP contribution >= 0.6 is 34.5 Å². The first-order chi connectivity index (χ1) is 15.8. The smallest absolute Gasteiger partial charge is 0.336 e. The monoisotopic (exact) mass is 505 g/mol. The van der Waals surface area contributed by atoms with Gasteiger partial charge in [0.25, 0.3) is 0 Å². The number of benzene rings is 1. The molecule has 0 spiro atoms. The number of carbonyl (C=O) groups is 3. The molecule has 1 N–H and O–H groups in total. The maximum Gasteiger partial charge on any atom is 0.336 e. The normalized spacial score (nSPS) is 22.6. The van der Waals surface area contributed by atoms with Crippen molar-refractivity contribution in [3.05, 3.63) is 78.7 Å². The highest BCUT2D eigenvalue weighted by molar-refractivity contribution is 7.10. The number of halogens is 2. The molecule has 0 saturated heterocycles. The number of Topliss-reactive ketones (excluding diaryl/α,β-unsaturated/α-hetero) is 1. The van der Waals surface area contributed by atoms with E-state index in [0.717, 1.165) is 4.88 Å². The number of ketones is 1. The van der Waals surface area contributed by atoms with E-state index >= 15 is 0 Å². The molecule has 1 aromatic heterocycles. The predicted molar refractivity (Wildman–Crippen MR) is 126 cm³/mol. The van der Waals surface area contributed by atoms with E-state index in [9.17, 15) is 14.4 Å². The molecule has 2 aromatic rings. The second-order valence-electron chi connectivity index (χ2n) is 7.81. The zero-order valence-electron chi connectivity index (χ0n) is 18.1. The van der Waals surface area contributed by atoms with Gasteiger partial charge in [0.15, 0.2) is 5.78 Å². The molecule has 4 rings (SSSR count). The summed E-state index contributed by atoms with van der Waals surface area (Å²) in [6.45, 7) is 1.75. The summed E-state index contributed by atoms with van der Waals surface area (Å²) in [5.41, 5.74) is 2.23. The van der Waals surface area contributed by atoms with Crippen molar-refractivity contribution in [3.63, 3.8) is 0 Å². The molecule has 1 aliphatic carbocycles. The van der Waals surface area contributed by atoms with E-state index in [1.54, 1.807) is 25.1 Å². The zero-order chi connectivity index (χ0) is 23.9. The lowest BCUT2D eigenvalue weighted by Crippen LogP contribution is -2.43. The molecule has 9 heteroatoms. The third-order valence-corrected chi connectivity index (χ3v) is 7.92. The summed E-state index contributed by atoms with van der Waals surface area (Å²) >= 11 is 14.3. The molecule has 6 nitrogen and oxygen atoms in total. The van der Waals surface area contributed by atoms with Crippen molar-refractivity contribution < 1.29 is 23.9 Å². The Morgan fingerprint density at radius 3 is 2.52 bits per heavy atom. The van der Waals surface area contributed by atoms with Crippen LogP contribution in [-0.4, -0.2) is 31.9 Å². The van der Waals surface area contributed by atoms with Crippen LogP contribution in [0.4, 0.5) is 0 Å². The highest BCUT2D eigenvalue weighted by Gasteiger charge is 2.49. The van der Waals surface area contributed by atoms with Crippen molar-refractivity contribution in [2.75, 3.05) is 14.2 Å². The van der Waals surface area contributed by atoms with Crippen molar-refractivity contribution in [2.24, 2.45) is 5.92 Å². The second-order valence-corrected chi connectivity index (χ2v) is 9.58. The number of methoxy groups -OCH3 is 2. The summed E-state index contributed by atoms with van der Waals surface area (Å²) in [4.78, 5) is 40.5. The summed E-state index contributed by atoms with van der Waals surface area (Å²) in [6.07, 6.45) is 0.391. The number of carbonyl (C=O) groups excluding carboxylic acids is 3. The van der Waals surface area contributed by atoms with Crippen molar-refractivity contribution in [1.82, 2.24) is 5.32 Å². The van der Waals surface area contributed by atoms with Gasteiger partial charge in [-0.15, -0.1) is 11.3 Å². The summed E-state index contributed by atoms with van der Waals surface area (Å²) in [6, 6.07) is 8.84. The fourth-order valence-corrected chi connectivity index (χ4v) is 5.92. The largest absolute Gasteiger partial charge is 0.468 e. The summed E-state index contributed by atoms with van der Waals surface area (Å²) in [7, 11) is 2.54. The summed E-state index contributed by atoms with van der Waals surface area (Å²) < 4.78 is 10.1. The number of hydrogen-bond donors (Lipinski definition) is 1. The zero-order valence-corrected chi connectivity index (χ0v) is 20.4. The average Bonchev–Trinajstić information content (AvgIpc) is 3.34. The molecule has 0 saturated carbocycles. The van der Waals surface area contributed by atoms with Gasteiger partial charge in [0.2, 0.25) is 0 Å². The molecule has 0 radical (unpaired) electrons. The SMILES string of the molecule is COC(=O)C1=C(C)NC2=C(C(=O)C(C(=O)OC)C(c3cccs3)C2)C1c1cccc(Cl)c1Cl. The molecule has 0 fully saturated rings. The lowest BCUT2D eigenvalue weighted by molar-refractivity contribution is -0.149. The highest BCUT2D eigenvalue weighted by atomic mass is 35.5. The Morgan fingerprint density at radius 1 is 1.12 bits per heavy atom. The van der Waals surface area contributed by atoms with Gasteiger partial charge in [-0.2, -0.15) is 0 Å². The average molecular weight is 506 g/mol. The van der Waals surface area contributed by atoms with Crippen molar-refractivity contribution >= 4 is 52.3 Å². The topological polar surface area (TPSA) is 81.7 Å². The number of nitrogens with one attached hydrogen (secondary N) is 1.